The molecular weight excluding hydrogens is 416 g/mol. The molecule has 0 spiro atoms. The largest absolute Gasteiger partial charge is 0.341 e. The topological polar surface area (TPSA) is 93.8 Å². The molecule has 0 radical (unpaired) electrons. The van der Waals surface area contributed by atoms with Crippen molar-refractivity contribution >= 4 is 17.7 Å². The number of aryl methyl sites for hydroxylation is 3. The second kappa shape index (κ2) is 8.16. The van der Waals surface area contributed by atoms with E-state index >= 15 is 0 Å². The van der Waals surface area contributed by atoms with Crippen molar-refractivity contribution in [3.63, 3.8) is 0 Å². The number of hydrogen-bond donors (Lipinski definition) is 1. The lowest BCUT2D eigenvalue weighted by molar-refractivity contribution is 0.0592. The summed E-state index contributed by atoms with van der Waals surface area (Å²) in [5.41, 5.74) is 5.14. The predicted molar refractivity (Wildman–Crippen MR) is 125 cm³/mol. The molecule has 1 atom stereocenters. The van der Waals surface area contributed by atoms with Crippen LogP contribution in [0.1, 0.15) is 34.4 Å². The summed E-state index contributed by atoms with van der Waals surface area (Å²) in [5.74, 6) is 1.28. The number of nitrogens with zero attached hydrogens (tertiary/aromatic N) is 7. The van der Waals surface area contributed by atoms with Gasteiger partial charge in [0.05, 0.1) is 24.1 Å². The Morgan fingerprint density at radius 2 is 2.03 bits per heavy atom. The van der Waals surface area contributed by atoms with Crippen LogP contribution in [0.15, 0.2) is 48.9 Å². The number of rotatable bonds is 5. The molecule has 4 aromatic heterocycles. The molecular formula is C24H26N8O. The van der Waals surface area contributed by atoms with Gasteiger partial charge in [-0.25, -0.2) is 9.97 Å². The molecule has 0 unspecified atom stereocenters. The average molecular weight is 443 g/mol. The summed E-state index contributed by atoms with van der Waals surface area (Å²) in [6.07, 6.45) is 5.51. The smallest absolute Gasteiger partial charge is 0.271 e. The van der Waals surface area contributed by atoms with Crippen LogP contribution < -0.4 is 5.32 Å². The van der Waals surface area contributed by atoms with Gasteiger partial charge in [-0.3, -0.25) is 14.5 Å². The van der Waals surface area contributed by atoms with Crippen molar-refractivity contribution < 1.29 is 4.79 Å². The van der Waals surface area contributed by atoms with E-state index in [9.17, 15) is 4.79 Å². The van der Waals surface area contributed by atoms with E-state index in [-0.39, 0.29) is 11.9 Å². The molecule has 9 nitrogen and oxygen atoms in total. The molecule has 5 heterocycles. The maximum atomic E-state index is 13.4. The first-order chi connectivity index (χ1) is 15.9. The van der Waals surface area contributed by atoms with Gasteiger partial charge in [0.15, 0.2) is 0 Å². The molecule has 9 heteroatoms. The highest BCUT2D eigenvalue weighted by molar-refractivity contribution is 5.95. The Labute approximate surface area is 192 Å². The maximum Gasteiger partial charge on any atom is 0.271 e. The van der Waals surface area contributed by atoms with E-state index < -0.39 is 0 Å². The number of anilines is 2. The fourth-order valence-corrected chi connectivity index (χ4v) is 4.20. The van der Waals surface area contributed by atoms with Crippen molar-refractivity contribution in [2.45, 2.75) is 39.9 Å². The first-order valence-electron chi connectivity index (χ1n) is 10.9. The van der Waals surface area contributed by atoms with Crippen LogP contribution in [0.5, 0.6) is 0 Å². The summed E-state index contributed by atoms with van der Waals surface area (Å²) < 4.78 is 3.75. The Morgan fingerprint density at radius 1 is 1.18 bits per heavy atom. The summed E-state index contributed by atoms with van der Waals surface area (Å²) >= 11 is 0. The maximum absolute atomic E-state index is 13.4. The summed E-state index contributed by atoms with van der Waals surface area (Å²) in [6, 6.07) is 9.75. The quantitative estimate of drug-likeness (QED) is 0.509. The van der Waals surface area contributed by atoms with E-state index in [2.05, 4.69) is 27.3 Å². The second-order valence-corrected chi connectivity index (χ2v) is 8.51. The van der Waals surface area contributed by atoms with Gasteiger partial charge in [-0.1, -0.05) is 6.07 Å². The molecule has 4 aromatic rings. The molecule has 1 aliphatic heterocycles. The van der Waals surface area contributed by atoms with Crippen molar-refractivity contribution in [1.82, 2.24) is 34.2 Å². The molecule has 33 heavy (non-hydrogen) atoms. The summed E-state index contributed by atoms with van der Waals surface area (Å²) in [4.78, 5) is 29.0. The minimum atomic E-state index is 0.00301. The Bertz CT molecular complexity index is 1340. The summed E-state index contributed by atoms with van der Waals surface area (Å²) in [6.45, 7) is 7.22. The van der Waals surface area contributed by atoms with E-state index in [1.165, 1.54) is 0 Å². The van der Waals surface area contributed by atoms with Crippen LogP contribution in [0.2, 0.25) is 0 Å². The van der Waals surface area contributed by atoms with Crippen LogP contribution in [0.3, 0.4) is 0 Å². The van der Waals surface area contributed by atoms with E-state index in [0.29, 0.717) is 18.2 Å². The molecule has 1 N–H and O–H groups in total. The summed E-state index contributed by atoms with van der Waals surface area (Å²) in [7, 11) is 1.85. The molecule has 0 saturated heterocycles. The standard InChI is InChI=1S/C24H26N8O/c1-15-11-25-24(28-21-8-9-26-30(21)4)29-22(15)18-10-20-23(33)32(17(3)12-31(20)13-18)14-19-7-5-6-16(2)27-19/h5-11,13,17H,12,14H2,1-4H3,(H,25,28,29)/t17-/m1/s1. The van der Waals surface area contributed by atoms with Crippen LogP contribution in [-0.4, -0.2) is 46.1 Å². The Hall–Kier alpha value is -4.01. The number of carbonyl (C=O) groups excluding carboxylic acids is 1. The molecule has 0 saturated carbocycles. The van der Waals surface area contributed by atoms with Gasteiger partial charge >= 0.3 is 0 Å². The molecule has 0 aromatic carbocycles. The monoisotopic (exact) mass is 442 g/mol. The van der Waals surface area contributed by atoms with Crippen molar-refractivity contribution in [2.24, 2.45) is 7.05 Å². The third-order valence-corrected chi connectivity index (χ3v) is 5.95. The lowest BCUT2D eigenvalue weighted by Gasteiger charge is -2.34. The van der Waals surface area contributed by atoms with Crippen LogP contribution >= 0.6 is 0 Å². The first kappa shape index (κ1) is 20.9. The Kier molecular flexibility index (Phi) is 5.16. The van der Waals surface area contributed by atoms with E-state index in [1.807, 2.05) is 66.9 Å². The van der Waals surface area contributed by atoms with Gasteiger partial charge in [0, 0.05) is 49.4 Å². The zero-order valence-corrected chi connectivity index (χ0v) is 19.1. The molecule has 5 rings (SSSR count). The molecule has 1 aliphatic rings. The molecule has 0 bridgehead atoms. The SMILES string of the molecule is Cc1cccc(CN2C(=O)c3cc(-c4nc(Nc5ccnn5C)ncc4C)cn3C[C@H]2C)n1. The van der Waals surface area contributed by atoms with Gasteiger partial charge in [0.1, 0.15) is 11.5 Å². The van der Waals surface area contributed by atoms with Gasteiger partial charge in [-0.15, -0.1) is 0 Å². The van der Waals surface area contributed by atoms with E-state index in [1.54, 1.807) is 17.1 Å². The highest BCUT2D eigenvalue weighted by Gasteiger charge is 2.31. The molecule has 1 amide bonds. The van der Waals surface area contributed by atoms with Gasteiger partial charge in [-0.05, 0) is 44.5 Å². The fraction of sp³-hybridized carbons (Fsp3) is 0.292. The highest BCUT2D eigenvalue weighted by Crippen LogP contribution is 2.29. The first-order valence-corrected chi connectivity index (χ1v) is 10.9. The predicted octanol–water partition coefficient (Wildman–Crippen LogP) is 3.48. The van der Waals surface area contributed by atoms with Crippen LogP contribution in [-0.2, 0) is 20.1 Å². The number of carbonyl (C=O) groups is 1. The summed E-state index contributed by atoms with van der Waals surface area (Å²) in [5, 5.41) is 7.36. The van der Waals surface area contributed by atoms with Crippen molar-refractivity contribution in [1.29, 1.82) is 0 Å². The van der Waals surface area contributed by atoms with Gasteiger partial charge in [-0.2, -0.15) is 5.10 Å². The Balaban J connectivity index is 1.44. The zero-order valence-electron chi connectivity index (χ0n) is 19.1. The molecule has 168 valence electrons. The lowest BCUT2D eigenvalue weighted by atomic mass is 10.1. The van der Waals surface area contributed by atoms with Crippen molar-refractivity contribution in [2.75, 3.05) is 5.32 Å². The van der Waals surface area contributed by atoms with Crippen LogP contribution in [0, 0.1) is 13.8 Å². The minimum absolute atomic E-state index is 0.00301. The normalized spacial score (nSPS) is 15.6. The van der Waals surface area contributed by atoms with Gasteiger partial charge in [0.2, 0.25) is 5.95 Å². The second-order valence-electron chi connectivity index (χ2n) is 8.51. The number of fused-ring (bicyclic) bond motifs is 1. The number of pyridine rings is 1. The average Bonchev–Trinajstić information content (AvgIpc) is 3.39. The van der Waals surface area contributed by atoms with Gasteiger partial charge in [0.25, 0.3) is 5.91 Å². The minimum Gasteiger partial charge on any atom is -0.341 e. The lowest BCUT2D eigenvalue weighted by Crippen LogP contribution is -2.45. The number of nitrogens with one attached hydrogen (secondary N) is 1. The number of amides is 1. The van der Waals surface area contributed by atoms with Crippen molar-refractivity contribution in [3.8, 4) is 11.3 Å². The third kappa shape index (κ3) is 3.97. The number of aromatic nitrogens is 6. The van der Waals surface area contributed by atoms with E-state index in [4.69, 9.17) is 4.98 Å². The van der Waals surface area contributed by atoms with Crippen LogP contribution in [0.25, 0.3) is 11.3 Å². The van der Waals surface area contributed by atoms with E-state index in [0.717, 1.165) is 40.6 Å². The molecule has 0 aliphatic carbocycles. The van der Waals surface area contributed by atoms with Crippen LogP contribution in [0.4, 0.5) is 11.8 Å². The molecule has 0 fully saturated rings. The zero-order chi connectivity index (χ0) is 23.1. The van der Waals surface area contributed by atoms with Gasteiger partial charge < -0.3 is 14.8 Å². The van der Waals surface area contributed by atoms with Crippen molar-refractivity contribution in [3.05, 3.63) is 71.6 Å². The highest BCUT2D eigenvalue weighted by atomic mass is 16.2. The fourth-order valence-electron chi connectivity index (χ4n) is 4.20. The third-order valence-electron chi connectivity index (χ3n) is 5.95. The number of hydrogen-bond acceptors (Lipinski definition) is 6. The Morgan fingerprint density at radius 3 is 2.79 bits per heavy atom.